The largest absolute Gasteiger partial charge is 0.426 e. The van der Waals surface area contributed by atoms with Crippen molar-refractivity contribution in [3.63, 3.8) is 0 Å². The molecular weight excluding hydrogens is 426 g/mol. The summed E-state index contributed by atoms with van der Waals surface area (Å²) in [4.78, 5) is 12.5. The zero-order valence-electron chi connectivity index (χ0n) is 15.2. The van der Waals surface area contributed by atoms with Crippen molar-refractivity contribution >= 4 is 45.2 Å². The van der Waals surface area contributed by atoms with Gasteiger partial charge in [0.15, 0.2) is 4.87 Å². The molecule has 3 rings (SSSR count). The number of carbonyl (C=O) groups excluding carboxylic acids is 1. The summed E-state index contributed by atoms with van der Waals surface area (Å²) in [7, 11) is -1.10. The molecule has 1 N–H and O–H groups in total. The van der Waals surface area contributed by atoms with Crippen LogP contribution in [-0.4, -0.2) is 48.7 Å². The van der Waals surface area contributed by atoms with Crippen LogP contribution in [0.15, 0.2) is 46.3 Å². The second-order valence-electron chi connectivity index (χ2n) is 6.22. The molecule has 150 valence electrons. The second kappa shape index (κ2) is 7.78. The van der Waals surface area contributed by atoms with Crippen LogP contribution in [0.3, 0.4) is 0 Å². The number of sulfonamides is 1. The number of para-hydroxylation sites is 1. The molecule has 28 heavy (non-hydrogen) atoms. The average molecular weight is 444 g/mol. The molecule has 2 heterocycles. The number of esters is 1. The normalized spacial score (nSPS) is 21.8. The predicted molar refractivity (Wildman–Crippen MR) is 108 cm³/mol. The number of rotatable bonds is 6. The standard InChI is InChI=1S/C17H18ClN3O5S2/c1-11-13(18)15(26-19-11)20-28(23,24)17(21(2)3)9-10-27-14(17)16(22)25-12-7-5-4-6-8-12/h4-10,14,20H,1-3H3. The minimum absolute atomic E-state index is 0.0514. The minimum atomic E-state index is -4.22. The summed E-state index contributed by atoms with van der Waals surface area (Å²) in [5.74, 6) is -0.576. The molecule has 1 aliphatic heterocycles. The Hall–Kier alpha value is -2.01. The molecular formula is C17H18ClN3O5S2. The van der Waals surface area contributed by atoms with E-state index in [2.05, 4.69) is 9.88 Å². The number of ether oxygens (including phenoxy) is 1. The predicted octanol–water partition coefficient (Wildman–Crippen LogP) is 2.87. The third-order valence-electron chi connectivity index (χ3n) is 4.22. The van der Waals surface area contributed by atoms with Gasteiger partial charge in [0.05, 0.1) is 0 Å². The van der Waals surface area contributed by atoms with Crippen molar-refractivity contribution in [3.05, 3.63) is 52.5 Å². The van der Waals surface area contributed by atoms with Crippen LogP contribution in [0, 0.1) is 6.92 Å². The Morgan fingerprint density at radius 2 is 2.04 bits per heavy atom. The van der Waals surface area contributed by atoms with E-state index in [0.29, 0.717) is 11.4 Å². The lowest BCUT2D eigenvalue weighted by molar-refractivity contribution is -0.134. The van der Waals surface area contributed by atoms with Gasteiger partial charge in [-0.3, -0.25) is 9.69 Å². The molecule has 0 spiro atoms. The molecule has 8 nitrogen and oxygen atoms in total. The monoisotopic (exact) mass is 443 g/mol. The first kappa shape index (κ1) is 20.7. The van der Waals surface area contributed by atoms with E-state index in [0.717, 1.165) is 11.8 Å². The summed E-state index contributed by atoms with van der Waals surface area (Å²) in [5.41, 5.74) is 0.342. The summed E-state index contributed by atoms with van der Waals surface area (Å²) in [5, 5.41) is 4.17. The van der Waals surface area contributed by atoms with Gasteiger partial charge in [0.1, 0.15) is 21.7 Å². The lowest BCUT2D eigenvalue weighted by Crippen LogP contribution is -2.60. The molecule has 2 atom stereocenters. The zero-order chi connectivity index (χ0) is 20.5. The first-order valence-electron chi connectivity index (χ1n) is 8.10. The van der Waals surface area contributed by atoms with E-state index < -0.39 is 26.1 Å². The highest BCUT2D eigenvalue weighted by atomic mass is 35.5. The topological polar surface area (TPSA) is 102 Å². The number of likely N-dealkylation sites (N-methyl/N-ethyl adjacent to an activating group) is 1. The van der Waals surface area contributed by atoms with E-state index in [4.69, 9.17) is 20.9 Å². The van der Waals surface area contributed by atoms with Crippen LogP contribution in [0.2, 0.25) is 5.02 Å². The highest BCUT2D eigenvalue weighted by Gasteiger charge is 2.57. The molecule has 2 aromatic rings. The molecule has 0 aliphatic carbocycles. The summed E-state index contributed by atoms with van der Waals surface area (Å²) < 4.78 is 39.3. The van der Waals surface area contributed by atoms with E-state index in [-0.39, 0.29) is 10.9 Å². The number of hydrogen-bond acceptors (Lipinski definition) is 8. The van der Waals surface area contributed by atoms with Gasteiger partial charge >= 0.3 is 5.97 Å². The van der Waals surface area contributed by atoms with Crippen LogP contribution in [0.4, 0.5) is 5.88 Å². The van der Waals surface area contributed by atoms with Crippen molar-refractivity contribution in [1.29, 1.82) is 0 Å². The van der Waals surface area contributed by atoms with Crippen molar-refractivity contribution in [2.45, 2.75) is 17.0 Å². The minimum Gasteiger partial charge on any atom is -0.426 e. The Bertz CT molecular complexity index is 1010. The Kier molecular flexibility index (Phi) is 5.76. The third-order valence-corrected chi connectivity index (χ3v) is 7.98. The molecule has 0 bridgehead atoms. The zero-order valence-corrected chi connectivity index (χ0v) is 17.6. The molecule has 0 fully saturated rings. The summed E-state index contributed by atoms with van der Waals surface area (Å²) >= 11 is 7.10. The lowest BCUT2D eigenvalue weighted by Gasteiger charge is -2.37. The van der Waals surface area contributed by atoms with Gasteiger partial charge in [0.25, 0.3) is 15.9 Å². The van der Waals surface area contributed by atoms with Gasteiger partial charge in [-0.05, 0) is 44.6 Å². The van der Waals surface area contributed by atoms with Crippen LogP contribution < -0.4 is 9.46 Å². The first-order chi connectivity index (χ1) is 13.2. The Balaban J connectivity index is 1.96. The van der Waals surface area contributed by atoms with Gasteiger partial charge in [-0.1, -0.05) is 35.0 Å². The number of hydrogen-bond donors (Lipinski definition) is 1. The highest BCUT2D eigenvalue weighted by molar-refractivity contribution is 8.05. The molecule has 1 aromatic heterocycles. The fourth-order valence-electron chi connectivity index (χ4n) is 2.76. The van der Waals surface area contributed by atoms with Crippen molar-refractivity contribution in [1.82, 2.24) is 10.1 Å². The molecule has 0 saturated carbocycles. The molecule has 1 aromatic carbocycles. The number of benzene rings is 1. The molecule has 1 aliphatic rings. The maximum absolute atomic E-state index is 13.3. The van der Waals surface area contributed by atoms with Crippen LogP contribution in [0.5, 0.6) is 5.75 Å². The van der Waals surface area contributed by atoms with Gasteiger partial charge in [0, 0.05) is 0 Å². The number of aryl methyl sites for hydroxylation is 1. The van der Waals surface area contributed by atoms with Gasteiger partial charge in [-0.15, -0.1) is 11.8 Å². The Morgan fingerprint density at radius 3 is 2.61 bits per heavy atom. The molecule has 11 heteroatoms. The van der Waals surface area contributed by atoms with Gasteiger partial charge in [0.2, 0.25) is 0 Å². The maximum atomic E-state index is 13.3. The van der Waals surface area contributed by atoms with Gasteiger partial charge < -0.3 is 9.26 Å². The van der Waals surface area contributed by atoms with Crippen molar-refractivity contribution < 1.29 is 22.5 Å². The van der Waals surface area contributed by atoms with E-state index >= 15 is 0 Å². The van der Waals surface area contributed by atoms with E-state index in [1.54, 1.807) is 56.8 Å². The van der Waals surface area contributed by atoms with Crippen LogP contribution in [-0.2, 0) is 14.8 Å². The number of nitrogens with one attached hydrogen (secondary N) is 1. The number of nitrogens with zero attached hydrogens (tertiary/aromatic N) is 2. The fraction of sp³-hybridized carbons (Fsp3) is 0.294. The Labute approximate surface area is 171 Å². The molecule has 0 radical (unpaired) electrons. The van der Waals surface area contributed by atoms with Crippen molar-refractivity contribution in [2.75, 3.05) is 18.8 Å². The van der Waals surface area contributed by atoms with Crippen LogP contribution >= 0.6 is 23.4 Å². The van der Waals surface area contributed by atoms with E-state index in [1.165, 1.54) is 11.0 Å². The number of carbonyl (C=O) groups is 1. The highest BCUT2D eigenvalue weighted by Crippen LogP contribution is 2.43. The van der Waals surface area contributed by atoms with Crippen LogP contribution in [0.25, 0.3) is 0 Å². The quantitative estimate of drug-likeness (QED) is 0.537. The van der Waals surface area contributed by atoms with Gasteiger partial charge in [-0.2, -0.15) is 0 Å². The lowest BCUT2D eigenvalue weighted by atomic mass is 10.1. The summed E-state index contributed by atoms with van der Waals surface area (Å²) in [6.45, 7) is 1.58. The average Bonchev–Trinajstić information content (AvgIpc) is 3.23. The summed E-state index contributed by atoms with van der Waals surface area (Å²) in [6, 6.07) is 8.45. The maximum Gasteiger partial charge on any atom is 0.328 e. The van der Waals surface area contributed by atoms with Crippen molar-refractivity contribution in [2.24, 2.45) is 0 Å². The second-order valence-corrected chi connectivity index (χ2v) is 9.47. The first-order valence-corrected chi connectivity index (χ1v) is 10.9. The number of anilines is 1. The Morgan fingerprint density at radius 1 is 1.36 bits per heavy atom. The number of thioether (sulfide) groups is 1. The molecule has 0 saturated heterocycles. The smallest absolute Gasteiger partial charge is 0.328 e. The van der Waals surface area contributed by atoms with Crippen molar-refractivity contribution in [3.8, 4) is 5.75 Å². The SMILES string of the molecule is Cc1noc(NS(=O)(=O)C2(N(C)C)C=CSC2C(=O)Oc2ccccc2)c1Cl. The molecule has 0 amide bonds. The van der Waals surface area contributed by atoms with E-state index in [1.807, 2.05) is 0 Å². The third kappa shape index (κ3) is 3.52. The van der Waals surface area contributed by atoms with E-state index in [9.17, 15) is 13.2 Å². The number of aromatic nitrogens is 1. The fourth-order valence-corrected chi connectivity index (χ4v) is 6.31. The number of halogens is 1. The molecule has 2 unspecified atom stereocenters. The summed E-state index contributed by atoms with van der Waals surface area (Å²) in [6.07, 6.45) is 1.44. The van der Waals surface area contributed by atoms with Crippen LogP contribution in [0.1, 0.15) is 5.69 Å². The van der Waals surface area contributed by atoms with Gasteiger partial charge in [-0.25, -0.2) is 13.1 Å².